The van der Waals surface area contributed by atoms with Gasteiger partial charge in [-0.25, -0.2) is 4.39 Å². The van der Waals surface area contributed by atoms with Crippen molar-refractivity contribution in [1.82, 2.24) is 20.4 Å². The summed E-state index contributed by atoms with van der Waals surface area (Å²) in [6, 6.07) is 18.7. The third-order valence-electron chi connectivity index (χ3n) is 13.2. The number of carbonyl (C=O) groups excluding carboxylic acids is 3. The van der Waals surface area contributed by atoms with Crippen LogP contribution < -0.4 is 29.6 Å². The number of aliphatic hydroxyl groups is 3. The van der Waals surface area contributed by atoms with Gasteiger partial charge in [-0.05, 0) is 105 Å². The van der Waals surface area contributed by atoms with E-state index < -0.39 is 30.5 Å². The molecule has 3 aromatic carbocycles. The number of fused-ring (bicyclic) bond motifs is 1. The van der Waals surface area contributed by atoms with Crippen molar-refractivity contribution >= 4 is 17.6 Å². The van der Waals surface area contributed by atoms with Gasteiger partial charge in [-0.15, -0.1) is 0 Å². The highest BCUT2D eigenvalue weighted by Crippen LogP contribution is 2.34. The van der Waals surface area contributed by atoms with Crippen LogP contribution in [0.25, 0.3) is 0 Å². The SMILES string of the molecule is CCCCOc1ccc([C@@H](O)[C@@H](CN2CC[C@H](O)C2)NC(=O)CCCCCCCOC)cc1.COc1ccc(C(=O)CCCCCC(=O)N[C@H](CN2CC[C@@H](F)C2)[C@H](O)c2ccc3c(c2)OCCO3)cc1. The molecule has 15 nitrogen and oxygen atoms in total. The number of aliphatic hydroxyl groups excluding tert-OH is 3. The third kappa shape index (κ3) is 20.3. The fourth-order valence-corrected chi connectivity index (χ4v) is 9.03. The third-order valence-corrected chi connectivity index (χ3v) is 13.2. The summed E-state index contributed by atoms with van der Waals surface area (Å²) >= 11 is 0. The maximum absolute atomic E-state index is 13.8. The van der Waals surface area contributed by atoms with Crippen molar-refractivity contribution in [2.75, 3.05) is 79.9 Å². The number of unbranched alkanes of at least 4 members (excludes halogenated alkanes) is 7. The predicted octanol–water partition coefficient (Wildman–Crippen LogP) is 7.30. The molecule has 16 heteroatoms. The molecule has 2 saturated heterocycles. The van der Waals surface area contributed by atoms with E-state index in [0.29, 0.717) is 113 Å². The van der Waals surface area contributed by atoms with Crippen LogP contribution in [0.15, 0.2) is 66.7 Å². The van der Waals surface area contributed by atoms with Crippen LogP contribution in [0.1, 0.15) is 137 Å². The molecule has 0 aromatic heterocycles. The van der Waals surface area contributed by atoms with E-state index in [0.717, 1.165) is 82.3 Å². The molecular formula is C55H81FN4O11. The van der Waals surface area contributed by atoms with Gasteiger partial charge < -0.3 is 49.6 Å². The van der Waals surface area contributed by atoms with E-state index in [2.05, 4.69) is 22.5 Å². The fourth-order valence-electron chi connectivity index (χ4n) is 9.03. The zero-order valence-corrected chi connectivity index (χ0v) is 42.4. The largest absolute Gasteiger partial charge is 0.497 e. The van der Waals surface area contributed by atoms with Gasteiger partial charge in [0, 0.05) is 77.8 Å². The van der Waals surface area contributed by atoms with Crippen LogP contribution in [-0.4, -0.2) is 147 Å². The number of rotatable bonds is 30. The van der Waals surface area contributed by atoms with Crippen molar-refractivity contribution in [3.63, 3.8) is 0 Å². The minimum Gasteiger partial charge on any atom is -0.497 e. The Balaban J connectivity index is 0.000000267. The number of amides is 2. The van der Waals surface area contributed by atoms with Gasteiger partial charge in [0.1, 0.15) is 43.1 Å². The Hall–Kier alpha value is -4.84. The normalized spacial score (nSPS) is 18.4. The monoisotopic (exact) mass is 993 g/mol. The lowest BCUT2D eigenvalue weighted by atomic mass is 10.00. The minimum atomic E-state index is -0.990. The quantitative estimate of drug-likeness (QED) is 0.0331. The zero-order chi connectivity index (χ0) is 50.8. The van der Waals surface area contributed by atoms with E-state index in [1.54, 1.807) is 56.7 Å². The molecule has 3 heterocycles. The van der Waals surface area contributed by atoms with Crippen LogP contribution in [-0.2, 0) is 14.3 Å². The summed E-state index contributed by atoms with van der Waals surface area (Å²) in [4.78, 5) is 41.9. The van der Waals surface area contributed by atoms with Gasteiger partial charge >= 0.3 is 0 Å². The molecule has 2 amide bonds. The van der Waals surface area contributed by atoms with Crippen molar-refractivity contribution in [1.29, 1.82) is 0 Å². The number of nitrogens with zero attached hydrogens (tertiary/aromatic N) is 2. The first-order chi connectivity index (χ1) is 34.5. The summed E-state index contributed by atoms with van der Waals surface area (Å²) in [5.74, 6) is 2.54. The van der Waals surface area contributed by atoms with Crippen molar-refractivity contribution in [3.05, 3.63) is 83.4 Å². The molecule has 0 saturated carbocycles. The second kappa shape index (κ2) is 31.6. The van der Waals surface area contributed by atoms with E-state index in [4.69, 9.17) is 23.7 Å². The Labute approximate surface area is 420 Å². The van der Waals surface area contributed by atoms with Crippen molar-refractivity contribution < 1.29 is 57.8 Å². The van der Waals surface area contributed by atoms with Crippen LogP contribution >= 0.6 is 0 Å². The molecule has 6 atom stereocenters. The lowest BCUT2D eigenvalue weighted by molar-refractivity contribution is -0.123. The number of ether oxygens (including phenoxy) is 5. The first-order valence-electron chi connectivity index (χ1n) is 26.0. The van der Waals surface area contributed by atoms with Crippen LogP contribution in [0, 0.1) is 0 Å². The molecule has 0 unspecified atom stereocenters. The maximum atomic E-state index is 13.8. The average molecular weight is 993 g/mol. The van der Waals surface area contributed by atoms with Gasteiger partial charge in [0.25, 0.3) is 0 Å². The van der Waals surface area contributed by atoms with Crippen molar-refractivity contribution in [2.45, 2.75) is 140 Å². The molecule has 3 aliphatic rings. The molecule has 0 spiro atoms. The molecule has 71 heavy (non-hydrogen) atoms. The van der Waals surface area contributed by atoms with E-state index in [-0.39, 0.29) is 30.1 Å². The van der Waals surface area contributed by atoms with Crippen LogP contribution in [0.5, 0.6) is 23.0 Å². The summed E-state index contributed by atoms with van der Waals surface area (Å²) in [7, 11) is 3.30. The Morgan fingerprint density at radius 2 is 1.24 bits per heavy atom. The van der Waals surface area contributed by atoms with Gasteiger partial charge in [0.15, 0.2) is 17.3 Å². The van der Waals surface area contributed by atoms with E-state index in [1.807, 2.05) is 29.2 Å². The smallest absolute Gasteiger partial charge is 0.220 e. The number of Topliss-reactive ketones (excluding diaryl/α,β-unsaturated/α-hetero) is 1. The van der Waals surface area contributed by atoms with Gasteiger partial charge in [-0.1, -0.05) is 57.2 Å². The number of methoxy groups -OCH3 is 2. The molecule has 3 aliphatic heterocycles. The van der Waals surface area contributed by atoms with E-state index in [1.165, 1.54) is 0 Å². The topological polar surface area (TPSA) is 189 Å². The second-order valence-electron chi connectivity index (χ2n) is 19.0. The number of alkyl halides is 1. The number of ketones is 1. The first kappa shape index (κ1) is 57.1. The highest BCUT2D eigenvalue weighted by molar-refractivity contribution is 5.96. The molecule has 6 rings (SSSR count). The number of β-amino-alcohol motifs (C(OH)–C–C–N with tert-alkyl or cyclic N) is 1. The summed E-state index contributed by atoms with van der Waals surface area (Å²) in [6.45, 7) is 7.58. The van der Waals surface area contributed by atoms with Gasteiger partial charge in [0.2, 0.25) is 11.8 Å². The zero-order valence-electron chi connectivity index (χ0n) is 42.4. The Morgan fingerprint density at radius 1 is 0.676 bits per heavy atom. The van der Waals surface area contributed by atoms with Gasteiger partial charge in [-0.2, -0.15) is 0 Å². The van der Waals surface area contributed by atoms with Crippen molar-refractivity contribution in [2.24, 2.45) is 0 Å². The predicted molar refractivity (Wildman–Crippen MR) is 271 cm³/mol. The average Bonchev–Trinajstić information content (AvgIpc) is 4.01. The fraction of sp³-hybridized carbons (Fsp3) is 0.618. The van der Waals surface area contributed by atoms with Gasteiger partial charge in [0.05, 0.1) is 31.9 Å². The second-order valence-corrected chi connectivity index (χ2v) is 19.0. The van der Waals surface area contributed by atoms with E-state index in [9.17, 15) is 34.1 Å². The lowest BCUT2D eigenvalue weighted by Gasteiger charge is -2.29. The molecule has 2 fully saturated rings. The van der Waals surface area contributed by atoms with E-state index >= 15 is 0 Å². The number of nitrogens with one attached hydrogen (secondary N) is 2. The summed E-state index contributed by atoms with van der Waals surface area (Å²) in [6.07, 6.45) is 8.56. The highest BCUT2D eigenvalue weighted by atomic mass is 19.1. The Kier molecular flexibility index (Phi) is 25.4. The van der Waals surface area contributed by atoms with Gasteiger partial charge in [-0.3, -0.25) is 24.2 Å². The first-order valence-corrected chi connectivity index (χ1v) is 26.0. The number of benzene rings is 3. The molecule has 0 radical (unpaired) electrons. The van der Waals surface area contributed by atoms with Crippen LogP contribution in [0.3, 0.4) is 0 Å². The highest BCUT2D eigenvalue weighted by Gasteiger charge is 2.31. The maximum Gasteiger partial charge on any atom is 0.220 e. The lowest BCUT2D eigenvalue weighted by Crippen LogP contribution is -2.47. The number of carbonyl (C=O) groups is 3. The van der Waals surface area contributed by atoms with Crippen LogP contribution in [0.2, 0.25) is 0 Å². The number of hydrogen-bond donors (Lipinski definition) is 5. The molecule has 5 N–H and O–H groups in total. The number of hydrogen-bond acceptors (Lipinski definition) is 13. The molecular weight excluding hydrogens is 912 g/mol. The van der Waals surface area contributed by atoms with Crippen LogP contribution in [0.4, 0.5) is 4.39 Å². The summed E-state index contributed by atoms with van der Waals surface area (Å²) in [5, 5.41) is 38.2. The molecule has 0 aliphatic carbocycles. The number of likely N-dealkylation sites (tertiary alicyclic amines) is 2. The summed E-state index contributed by atoms with van der Waals surface area (Å²) < 4.78 is 40.9. The standard InChI is InChI=1S/C29H37FN2O6.C26H44N2O5/c1-36-23-10-7-20(8-11-23)25(33)5-3-2-4-6-28(34)31-24(19-32-14-13-22(30)18-32)29(35)21-9-12-26-27(17-21)38-16-15-37-26;1-3-4-18-33-23-13-11-21(12-14-23)26(31)24(20-28-16-15-22(29)19-28)27-25(30)10-8-6-5-7-9-17-32-2/h7-12,17,22,24,29,35H,2-6,13-16,18-19H2,1H3,(H,31,34);11-14,22,24,26,29,31H,3-10,15-20H2,1-2H3,(H,27,30)/t22-,24-,29-;22-,24+,26+/m10/s1. The number of halogens is 1. The summed E-state index contributed by atoms with van der Waals surface area (Å²) in [5.41, 5.74) is 2.01. The molecule has 0 bridgehead atoms. The van der Waals surface area contributed by atoms with Crippen molar-refractivity contribution in [3.8, 4) is 23.0 Å². The Bertz CT molecular complexity index is 2010. The molecule has 3 aromatic rings. The Morgan fingerprint density at radius 3 is 1.85 bits per heavy atom. The molecule has 394 valence electrons. The minimum absolute atomic E-state index is 0.0322.